The molecule has 0 spiro atoms. The molecule has 0 atom stereocenters. The third kappa shape index (κ3) is 2.91. The number of benzene rings is 2. The van der Waals surface area contributed by atoms with Gasteiger partial charge in [0.15, 0.2) is 0 Å². The molecule has 2 aromatic carbocycles. The zero-order valence-electron chi connectivity index (χ0n) is 8.78. The Morgan fingerprint density at radius 3 is 2.50 bits per heavy atom. The Kier molecular flexibility index (Phi) is 3.32. The van der Waals surface area contributed by atoms with Crippen LogP contribution in [0, 0.1) is 0 Å². The molecule has 0 saturated heterocycles. The van der Waals surface area contributed by atoms with Crippen molar-refractivity contribution in [2.45, 2.75) is 6.54 Å². The molecule has 0 bridgehead atoms. The largest absolute Gasteiger partial charge is 0.399 e. The van der Waals surface area contributed by atoms with E-state index in [9.17, 15) is 0 Å². The summed E-state index contributed by atoms with van der Waals surface area (Å²) in [6, 6.07) is 15.6. The predicted octanol–water partition coefficient (Wildman–Crippen LogP) is 3.53. The first-order chi connectivity index (χ1) is 7.74. The topological polar surface area (TPSA) is 38.0 Å². The molecule has 2 aromatic rings. The standard InChI is InChI=1S/C13H13ClN2/c14-11-6-10(7-12(15)8-11)9-16-13-4-2-1-3-5-13/h1-8,16H,9,15H2. The van der Waals surface area contributed by atoms with Gasteiger partial charge in [0.1, 0.15) is 0 Å². The highest BCUT2D eigenvalue weighted by molar-refractivity contribution is 6.30. The number of para-hydroxylation sites is 1. The van der Waals surface area contributed by atoms with E-state index in [2.05, 4.69) is 5.32 Å². The van der Waals surface area contributed by atoms with Gasteiger partial charge in [0.2, 0.25) is 0 Å². The van der Waals surface area contributed by atoms with Gasteiger partial charge in [-0.2, -0.15) is 0 Å². The highest BCUT2D eigenvalue weighted by atomic mass is 35.5. The summed E-state index contributed by atoms with van der Waals surface area (Å²) >= 11 is 5.92. The maximum absolute atomic E-state index is 5.92. The van der Waals surface area contributed by atoms with Crippen LogP contribution >= 0.6 is 11.6 Å². The second-order valence-electron chi connectivity index (χ2n) is 3.61. The Morgan fingerprint density at radius 1 is 1.06 bits per heavy atom. The van der Waals surface area contributed by atoms with Crippen LogP contribution in [-0.2, 0) is 6.54 Å². The van der Waals surface area contributed by atoms with Crippen LogP contribution in [0.4, 0.5) is 11.4 Å². The second kappa shape index (κ2) is 4.90. The van der Waals surface area contributed by atoms with Crippen molar-refractivity contribution in [2.75, 3.05) is 11.1 Å². The molecule has 0 aliphatic carbocycles. The van der Waals surface area contributed by atoms with Crippen molar-refractivity contribution in [1.82, 2.24) is 0 Å². The van der Waals surface area contributed by atoms with Crippen LogP contribution < -0.4 is 11.1 Å². The average Bonchev–Trinajstić information content (AvgIpc) is 2.27. The summed E-state index contributed by atoms with van der Waals surface area (Å²) in [5.74, 6) is 0. The molecule has 0 heterocycles. The highest BCUT2D eigenvalue weighted by Gasteiger charge is 1.97. The van der Waals surface area contributed by atoms with Gasteiger partial charge >= 0.3 is 0 Å². The van der Waals surface area contributed by atoms with Crippen molar-refractivity contribution in [3.8, 4) is 0 Å². The molecule has 0 fully saturated rings. The molecule has 16 heavy (non-hydrogen) atoms. The van der Waals surface area contributed by atoms with Gasteiger partial charge < -0.3 is 11.1 Å². The van der Waals surface area contributed by atoms with E-state index in [1.54, 1.807) is 6.07 Å². The Labute approximate surface area is 100 Å². The second-order valence-corrected chi connectivity index (χ2v) is 4.05. The van der Waals surface area contributed by atoms with Crippen LogP contribution in [0.1, 0.15) is 5.56 Å². The van der Waals surface area contributed by atoms with Crippen molar-refractivity contribution in [3.05, 3.63) is 59.1 Å². The smallest absolute Gasteiger partial charge is 0.0429 e. The Balaban J connectivity index is 2.05. The van der Waals surface area contributed by atoms with Gasteiger partial charge in [0.25, 0.3) is 0 Å². The maximum Gasteiger partial charge on any atom is 0.0429 e. The van der Waals surface area contributed by atoms with Crippen LogP contribution in [0.25, 0.3) is 0 Å². The molecule has 0 aliphatic heterocycles. The first-order valence-electron chi connectivity index (χ1n) is 5.08. The zero-order chi connectivity index (χ0) is 11.4. The third-order valence-corrected chi connectivity index (χ3v) is 2.47. The fraction of sp³-hybridized carbons (Fsp3) is 0.0769. The lowest BCUT2D eigenvalue weighted by atomic mass is 10.2. The van der Waals surface area contributed by atoms with Gasteiger partial charge in [-0.05, 0) is 35.9 Å². The first kappa shape index (κ1) is 10.8. The molecular weight excluding hydrogens is 220 g/mol. The lowest BCUT2D eigenvalue weighted by Gasteiger charge is -2.07. The normalized spacial score (nSPS) is 10.1. The van der Waals surface area contributed by atoms with E-state index in [1.807, 2.05) is 42.5 Å². The molecule has 3 N–H and O–H groups in total. The molecule has 0 saturated carbocycles. The monoisotopic (exact) mass is 232 g/mol. The van der Waals surface area contributed by atoms with Crippen LogP contribution in [0.2, 0.25) is 5.02 Å². The number of hydrogen-bond acceptors (Lipinski definition) is 2. The highest BCUT2D eigenvalue weighted by Crippen LogP contribution is 2.17. The van der Waals surface area contributed by atoms with Gasteiger partial charge in [-0.25, -0.2) is 0 Å². The Bertz CT molecular complexity index is 448. The molecule has 0 radical (unpaired) electrons. The van der Waals surface area contributed by atoms with Crippen molar-refractivity contribution >= 4 is 23.0 Å². The lowest BCUT2D eigenvalue weighted by Crippen LogP contribution is -1.99. The number of rotatable bonds is 3. The molecule has 3 heteroatoms. The van der Waals surface area contributed by atoms with Gasteiger partial charge in [0.05, 0.1) is 0 Å². The fourth-order valence-corrected chi connectivity index (χ4v) is 1.80. The SMILES string of the molecule is Nc1cc(Cl)cc(CNc2ccccc2)c1. The van der Waals surface area contributed by atoms with E-state index in [0.717, 1.165) is 17.8 Å². The summed E-state index contributed by atoms with van der Waals surface area (Å²) in [5.41, 5.74) is 8.57. The number of hydrogen-bond donors (Lipinski definition) is 2. The summed E-state index contributed by atoms with van der Waals surface area (Å²) in [7, 11) is 0. The van der Waals surface area contributed by atoms with Gasteiger partial charge in [-0.1, -0.05) is 29.8 Å². The van der Waals surface area contributed by atoms with E-state index in [0.29, 0.717) is 10.7 Å². The third-order valence-electron chi connectivity index (χ3n) is 2.25. The zero-order valence-corrected chi connectivity index (χ0v) is 9.54. The van der Waals surface area contributed by atoms with Crippen LogP contribution in [-0.4, -0.2) is 0 Å². The van der Waals surface area contributed by atoms with Crippen LogP contribution in [0.5, 0.6) is 0 Å². The molecule has 82 valence electrons. The lowest BCUT2D eigenvalue weighted by molar-refractivity contribution is 1.15. The first-order valence-corrected chi connectivity index (χ1v) is 5.46. The van der Waals surface area contributed by atoms with E-state index < -0.39 is 0 Å². The quantitative estimate of drug-likeness (QED) is 0.795. The van der Waals surface area contributed by atoms with Crippen molar-refractivity contribution in [2.24, 2.45) is 0 Å². The Hall–Kier alpha value is -1.67. The van der Waals surface area contributed by atoms with E-state index in [1.165, 1.54) is 0 Å². The molecule has 0 aliphatic rings. The minimum absolute atomic E-state index is 0.671. The molecule has 2 rings (SSSR count). The number of halogens is 1. The maximum atomic E-state index is 5.92. The number of nitrogens with two attached hydrogens (primary N) is 1. The fourth-order valence-electron chi connectivity index (χ4n) is 1.54. The van der Waals surface area contributed by atoms with Crippen molar-refractivity contribution < 1.29 is 0 Å². The van der Waals surface area contributed by atoms with Gasteiger partial charge in [-0.3, -0.25) is 0 Å². The number of nitrogens with one attached hydrogen (secondary N) is 1. The molecule has 0 amide bonds. The summed E-state index contributed by atoms with van der Waals surface area (Å²) in [5, 5.41) is 3.97. The molecule has 0 unspecified atom stereocenters. The minimum Gasteiger partial charge on any atom is -0.399 e. The number of nitrogen functional groups attached to an aromatic ring is 1. The van der Waals surface area contributed by atoms with Crippen molar-refractivity contribution in [3.63, 3.8) is 0 Å². The number of anilines is 2. The molecule has 0 aromatic heterocycles. The summed E-state index contributed by atoms with van der Waals surface area (Å²) in [4.78, 5) is 0. The summed E-state index contributed by atoms with van der Waals surface area (Å²) in [6.45, 7) is 0.717. The van der Waals surface area contributed by atoms with E-state index in [4.69, 9.17) is 17.3 Å². The van der Waals surface area contributed by atoms with E-state index >= 15 is 0 Å². The Morgan fingerprint density at radius 2 is 1.81 bits per heavy atom. The van der Waals surface area contributed by atoms with Crippen molar-refractivity contribution in [1.29, 1.82) is 0 Å². The van der Waals surface area contributed by atoms with Gasteiger partial charge in [-0.15, -0.1) is 0 Å². The van der Waals surface area contributed by atoms with E-state index in [-0.39, 0.29) is 0 Å². The molecule has 2 nitrogen and oxygen atoms in total. The summed E-state index contributed by atoms with van der Waals surface area (Å²) < 4.78 is 0. The van der Waals surface area contributed by atoms with Crippen LogP contribution in [0.15, 0.2) is 48.5 Å². The van der Waals surface area contributed by atoms with Crippen LogP contribution in [0.3, 0.4) is 0 Å². The average molecular weight is 233 g/mol. The predicted molar refractivity (Wildman–Crippen MR) is 69.6 cm³/mol. The molecular formula is C13H13ClN2. The van der Waals surface area contributed by atoms with Gasteiger partial charge in [0, 0.05) is 22.9 Å². The summed E-state index contributed by atoms with van der Waals surface area (Å²) in [6.07, 6.45) is 0. The minimum atomic E-state index is 0.671.